The molecule has 0 aliphatic carbocycles. The third-order valence-electron chi connectivity index (χ3n) is 2.95. The second-order valence-corrected chi connectivity index (χ2v) is 5.50. The van der Waals surface area contributed by atoms with Crippen LogP contribution in [-0.2, 0) is 10.2 Å². The number of rotatable bonds is 4. The Morgan fingerprint density at radius 1 is 1.24 bits per heavy atom. The highest BCUT2D eigenvalue weighted by atomic mass is 16.5. The Morgan fingerprint density at radius 2 is 1.76 bits per heavy atom. The molecule has 2 nitrogen and oxygen atoms in total. The van der Waals surface area contributed by atoms with Gasteiger partial charge in [0.25, 0.3) is 0 Å². The van der Waals surface area contributed by atoms with E-state index in [0.717, 1.165) is 5.56 Å². The van der Waals surface area contributed by atoms with E-state index in [1.54, 1.807) is 7.11 Å². The number of hydrogen-bond donors (Lipinski definition) is 0. The molecule has 0 radical (unpaired) electrons. The van der Waals surface area contributed by atoms with Gasteiger partial charge < -0.3 is 4.74 Å². The highest BCUT2D eigenvalue weighted by molar-refractivity contribution is 5.96. The lowest BCUT2D eigenvalue weighted by Crippen LogP contribution is -2.14. The smallest absolute Gasteiger partial charge is 0.165 e. The molecule has 94 valence electrons. The van der Waals surface area contributed by atoms with Gasteiger partial charge in [-0.2, -0.15) is 0 Å². The first-order chi connectivity index (χ1) is 7.84. The van der Waals surface area contributed by atoms with Crippen LogP contribution in [-0.4, -0.2) is 19.0 Å². The fourth-order valence-corrected chi connectivity index (χ4v) is 1.62. The highest BCUT2D eigenvalue weighted by Gasteiger charge is 2.15. The average Bonchev–Trinajstić information content (AvgIpc) is 2.27. The van der Waals surface area contributed by atoms with Crippen LogP contribution in [0.3, 0.4) is 0 Å². The number of ketones is 1. The molecule has 0 aromatic heterocycles. The van der Waals surface area contributed by atoms with E-state index in [9.17, 15) is 4.79 Å². The molecular formula is C15H22O2. The van der Waals surface area contributed by atoms with Gasteiger partial charge in [-0.15, -0.1) is 0 Å². The maximum atomic E-state index is 11.9. The molecule has 0 fully saturated rings. The molecule has 0 N–H and O–H groups in total. The number of ether oxygens (including phenoxy) is 1. The Labute approximate surface area is 104 Å². The summed E-state index contributed by atoms with van der Waals surface area (Å²) in [5, 5.41) is 0. The fraction of sp³-hybridized carbons (Fsp3) is 0.533. The molecule has 0 bridgehead atoms. The van der Waals surface area contributed by atoms with E-state index in [1.807, 2.05) is 31.2 Å². The zero-order valence-corrected chi connectivity index (χ0v) is 11.4. The van der Waals surface area contributed by atoms with Crippen molar-refractivity contribution >= 4 is 5.78 Å². The van der Waals surface area contributed by atoms with Gasteiger partial charge in [-0.3, -0.25) is 4.79 Å². The van der Waals surface area contributed by atoms with Crippen LogP contribution in [0.5, 0.6) is 0 Å². The summed E-state index contributed by atoms with van der Waals surface area (Å²) in [6, 6.07) is 7.88. The van der Waals surface area contributed by atoms with Crippen molar-refractivity contribution in [1.82, 2.24) is 0 Å². The van der Waals surface area contributed by atoms with Crippen LogP contribution in [0.4, 0.5) is 0 Å². The van der Waals surface area contributed by atoms with E-state index in [4.69, 9.17) is 4.74 Å². The van der Waals surface area contributed by atoms with E-state index in [2.05, 4.69) is 20.8 Å². The first-order valence-corrected chi connectivity index (χ1v) is 6.01. The molecule has 0 aliphatic heterocycles. The van der Waals surface area contributed by atoms with Crippen molar-refractivity contribution in [2.75, 3.05) is 7.11 Å². The third-order valence-corrected chi connectivity index (χ3v) is 2.95. The van der Waals surface area contributed by atoms with Crippen LogP contribution < -0.4 is 0 Å². The van der Waals surface area contributed by atoms with Gasteiger partial charge in [0.05, 0.1) is 6.10 Å². The van der Waals surface area contributed by atoms with Crippen LogP contribution >= 0.6 is 0 Å². The van der Waals surface area contributed by atoms with Crippen molar-refractivity contribution in [3.8, 4) is 0 Å². The van der Waals surface area contributed by atoms with Crippen LogP contribution in [0.25, 0.3) is 0 Å². The molecular weight excluding hydrogens is 212 g/mol. The Morgan fingerprint density at radius 3 is 2.18 bits per heavy atom. The minimum Gasteiger partial charge on any atom is -0.381 e. The summed E-state index contributed by atoms with van der Waals surface area (Å²) < 4.78 is 5.10. The lowest BCUT2D eigenvalue weighted by molar-refractivity contribution is 0.0792. The van der Waals surface area contributed by atoms with Gasteiger partial charge in [0.15, 0.2) is 5.78 Å². The summed E-state index contributed by atoms with van der Waals surface area (Å²) in [7, 11) is 1.63. The quantitative estimate of drug-likeness (QED) is 0.744. The highest BCUT2D eigenvalue weighted by Crippen LogP contribution is 2.22. The van der Waals surface area contributed by atoms with Crippen LogP contribution in [0.15, 0.2) is 24.3 Å². The van der Waals surface area contributed by atoms with E-state index in [-0.39, 0.29) is 17.3 Å². The summed E-state index contributed by atoms with van der Waals surface area (Å²) in [5.41, 5.74) is 2.14. The summed E-state index contributed by atoms with van der Waals surface area (Å²) in [6.45, 7) is 8.39. The number of Topliss-reactive ketones (excluding diaryl/α,β-unsaturated/α-hetero) is 1. The first kappa shape index (κ1) is 13.9. The lowest BCUT2D eigenvalue weighted by Gasteiger charge is -2.19. The third kappa shape index (κ3) is 3.97. The number of carbonyl (C=O) groups is 1. The molecule has 1 aromatic carbocycles. The predicted octanol–water partition coefficient (Wildman–Crippen LogP) is 3.59. The Balaban J connectivity index is 2.78. The molecule has 0 saturated heterocycles. The minimum atomic E-state index is -0.0233. The van der Waals surface area contributed by atoms with Gasteiger partial charge >= 0.3 is 0 Å². The molecule has 1 rings (SSSR count). The van der Waals surface area contributed by atoms with Gasteiger partial charge in [-0.05, 0) is 17.9 Å². The lowest BCUT2D eigenvalue weighted by atomic mass is 9.86. The molecule has 0 saturated carbocycles. The summed E-state index contributed by atoms with van der Waals surface area (Å²) in [5.74, 6) is 0.139. The Kier molecular flexibility index (Phi) is 4.47. The number of benzene rings is 1. The zero-order valence-electron chi connectivity index (χ0n) is 11.4. The number of carbonyl (C=O) groups excluding carboxylic acids is 1. The van der Waals surface area contributed by atoms with Crippen molar-refractivity contribution in [2.24, 2.45) is 0 Å². The van der Waals surface area contributed by atoms with E-state index in [1.165, 1.54) is 5.56 Å². The van der Waals surface area contributed by atoms with Gasteiger partial charge in [0.1, 0.15) is 0 Å². The van der Waals surface area contributed by atoms with Gasteiger partial charge in [0.2, 0.25) is 0 Å². The monoisotopic (exact) mass is 234 g/mol. The summed E-state index contributed by atoms with van der Waals surface area (Å²) >= 11 is 0. The van der Waals surface area contributed by atoms with E-state index < -0.39 is 0 Å². The second-order valence-electron chi connectivity index (χ2n) is 5.50. The fourth-order valence-electron chi connectivity index (χ4n) is 1.62. The molecule has 1 unspecified atom stereocenters. The summed E-state index contributed by atoms with van der Waals surface area (Å²) in [6.07, 6.45) is 0.413. The van der Waals surface area contributed by atoms with E-state index >= 15 is 0 Å². The largest absolute Gasteiger partial charge is 0.381 e. The molecule has 1 aromatic rings. The van der Waals surface area contributed by atoms with Crippen molar-refractivity contribution < 1.29 is 9.53 Å². The second kappa shape index (κ2) is 5.46. The van der Waals surface area contributed by atoms with Crippen molar-refractivity contribution in [3.63, 3.8) is 0 Å². The molecule has 0 spiro atoms. The molecule has 2 heteroatoms. The predicted molar refractivity (Wildman–Crippen MR) is 70.6 cm³/mol. The maximum absolute atomic E-state index is 11.9. The molecule has 0 heterocycles. The minimum absolute atomic E-state index is 0.0233. The Hall–Kier alpha value is -1.15. The molecule has 1 atom stereocenters. The SMILES string of the molecule is COC(C)CC(=O)c1ccc(C(C)(C)C)cc1. The van der Waals surface area contributed by atoms with Gasteiger partial charge in [0, 0.05) is 19.1 Å². The Bertz CT molecular complexity index is 371. The number of hydrogen-bond acceptors (Lipinski definition) is 2. The average molecular weight is 234 g/mol. The maximum Gasteiger partial charge on any atom is 0.165 e. The van der Waals surface area contributed by atoms with Crippen LogP contribution in [0.1, 0.15) is 50.0 Å². The van der Waals surface area contributed by atoms with Crippen molar-refractivity contribution in [3.05, 3.63) is 35.4 Å². The molecule has 0 aliphatic rings. The zero-order chi connectivity index (χ0) is 13.1. The van der Waals surface area contributed by atoms with Gasteiger partial charge in [-0.1, -0.05) is 45.0 Å². The molecule has 0 amide bonds. The van der Waals surface area contributed by atoms with E-state index in [0.29, 0.717) is 6.42 Å². The van der Waals surface area contributed by atoms with Crippen molar-refractivity contribution in [2.45, 2.75) is 45.6 Å². The number of methoxy groups -OCH3 is 1. The normalized spacial score (nSPS) is 13.5. The topological polar surface area (TPSA) is 26.3 Å². The molecule has 17 heavy (non-hydrogen) atoms. The van der Waals surface area contributed by atoms with Crippen LogP contribution in [0, 0.1) is 0 Å². The first-order valence-electron chi connectivity index (χ1n) is 6.01. The van der Waals surface area contributed by atoms with Crippen molar-refractivity contribution in [1.29, 1.82) is 0 Å². The van der Waals surface area contributed by atoms with Crippen LogP contribution in [0.2, 0.25) is 0 Å². The van der Waals surface area contributed by atoms with Gasteiger partial charge in [-0.25, -0.2) is 0 Å². The summed E-state index contributed by atoms with van der Waals surface area (Å²) in [4.78, 5) is 11.9. The standard InChI is InChI=1S/C15H22O2/c1-11(17-5)10-14(16)12-6-8-13(9-7-12)15(2,3)4/h6-9,11H,10H2,1-5H3.